The number of aromatic nitrogens is 1. The number of H-pyrrole nitrogens is 1. The number of nitrogen functional groups attached to an aromatic ring is 1. The van der Waals surface area contributed by atoms with Crippen molar-refractivity contribution in [1.82, 2.24) is 4.98 Å². The maximum Gasteiger partial charge on any atom is 0.0580 e. The lowest BCUT2D eigenvalue weighted by Gasteiger charge is -2.10. The molecule has 0 aliphatic carbocycles. The first kappa shape index (κ1) is 10.9. The second-order valence-electron chi connectivity index (χ2n) is 3.74. The van der Waals surface area contributed by atoms with Crippen molar-refractivity contribution in [3.05, 3.63) is 46.7 Å². The van der Waals surface area contributed by atoms with Crippen LogP contribution in [-0.4, -0.2) is 4.98 Å². The molecule has 1 aromatic heterocycles. The first-order valence-electron chi connectivity index (χ1n) is 5.08. The molecule has 0 amide bonds. The lowest BCUT2D eigenvalue weighted by Crippen LogP contribution is -2.03. The van der Waals surface area contributed by atoms with Gasteiger partial charge in [0.1, 0.15) is 0 Å². The molecule has 0 atom stereocenters. The number of anilines is 2. The first-order chi connectivity index (χ1) is 7.66. The summed E-state index contributed by atoms with van der Waals surface area (Å²) in [5.74, 6) is 0. The molecule has 0 bridgehead atoms. The number of halogens is 1. The molecule has 0 unspecified atom stereocenters. The first-order valence-corrected chi connectivity index (χ1v) is 5.46. The van der Waals surface area contributed by atoms with E-state index in [1.165, 1.54) is 0 Å². The highest BCUT2D eigenvalue weighted by Gasteiger charge is 2.03. The zero-order chi connectivity index (χ0) is 11.5. The zero-order valence-corrected chi connectivity index (χ0v) is 9.81. The van der Waals surface area contributed by atoms with Crippen LogP contribution >= 0.6 is 11.6 Å². The Bertz CT molecular complexity index is 477. The van der Waals surface area contributed by atoms with Gasteiger partial charge in [0.2, 0.25) is 0 Å². The normalized spacial score (nSPS) is 10.4. The number of benzene rings is 1. The summed E-state index contributed by atoms with van der Waals surface area (Å²) in [5.41, 5.74) is 9.59. The fourth-order valence-corrected chi connectivity index (χ4v) is 1.69. The van der Waals surface area contributed by atoms with Crippen molar-refractivity contribution in [2.75, 3.05) is 11.1 Å². The lowest BCUT2D eigenvalue weighted by molar-refractivity contribution is 1.07. The van der Waals surface area contributed by atoms with Crippen LogP contribution in [0.25, 0.3) is 0 Å². The molecule has 0 saturated carbocycles. The van der Waals surface area contributed by atoms with Crippen LogP contribution in [0.3, 0.4) is 0 Å². The molecule has 1 heterocycles. The molecule has 4 N–H and O–H groups in total. The minimum Gasteiger partial charge on any atom is -0.397 e. The third kappa shape index (κ3) is 2.31. The van der Waals surface area contributed by atoms with E-state index in [1.54, 1.807) is 6.07 Å². The number of aromatic amines is 1. The molecule has 0 saturated heterocycles. The van der Waals surface area contributed by atoms with E-state index in [0.717, 1.165) is 23.5 Å². The van der Waals surface area contributed by atoms with Crippen molar-refractivity contribution < 1.29 is 0 Å². The fourth-order valence-electron chi connectivity index (χ4n) is 1.52. The predicted molar refractivity (Wildman–Crippen MR) is 68.7 cm³/mol. The summed E-state index contributed by atoms with van der Waals surface area (Å²) in [5, 5.41) is 3.97. The van der Waals surface area contributed by atoms with Crippen molar-refractivity contribution in [2.24, 2.45) is 0 Å². The molecule has 84 valence electrons. The number of nitrogens with one attached hydrogen (secondary N) is 2. The van der Waals surface area contributed by atoms with Crippen LogP contribution in [0, 0.1) is 6.92 Å². The minimum atomic E-state index is 0.669. The Balaban J connectivity index is 2.12. The summed E-state index contributed by atoms with van der Waals surface area (Å²) < 4.78 is 0. The molecule has 2 aromatic rings. The molecule has 2 rings (SSSR count). The molecule has 4 heteroatoms. The molecule has 1 aromatic carbocycles. The summed E-state index contributed by atoms with van der Waals surface area (Å²) in [7, 11) is 0. The summed E-state index contributed by atoms with van der Waals surface area (Å²) >= 11 is 5.97. The number of hydrogen-bond donors (Lipinski definition) is 3. The molecule has 3 nitrogen and oxygen atoms in total. The van der Waals surface area contributed by atoms with Gasteiger partial charge in [-0.25, -0.2) is 0 Å². The molecular formula is C12H14ClN3. The topological polar surface area (TPSA) is 53.8 Å². The molecule has 0 spiro atoms. The smallest absolute Gasteiger partial charge is 0.0580 e. The third-order valence-corrected chi connectivity index (χ3v) is 2.87. The highest BCUT2D eigenvalue weighted by molar-refractivity contribution is 6.31. The molecular weight excluding hydrogens is 222 g/mol. The van der Waals surface area contributed by atoms with Crippen molar-refractivity contribution in [3.63, 3.8) is 0 Å². The minimum absolute atomic E-state index is 0.669. The van der Waals surface area contributed by atoms with Crippen LogP contribution in [0.4, 0.5) is 11.4 Å². The fraction of sp³-hybridized carbons (Fsp3) is 0.167. The van der Waals surface area contributed by atoms with Gasteiger partial charge in [-0.3, -0.25) is 0 Å². The molecule has 0 aliphatic heterocycles. The van der Waals surface area contributed by atoms with E-state index in [-0.39, 0.29) is 0 Å². The SMILES string of the molecule is Cc1cc(NCc2ccc[nH]2)c(N)cc1Cl. The Labute approximate surface area is 99.6 Å². The van der Waals surface area contributed by atoms with Crippen LogP contribution < -0.4 is 11.1 Å². The van der Waals surface area contributed by atoms with Crippen LogP contribution in [0.5, 0.6) is 0 Å². The second-order valence-corrected chi connectivity index (χ2v) is 4.14. The monoisotopic (exact) mass is 235 g/mol. The van der Waals surface area contributed by atoms with E-state index in [0.29, 0.717) is 10.7 Å². The second kappa shape index (κ2) is 4.49. The van der Waals surface area contributed by atoms with Crippen molar-refractivity contribution in [3.8, 4) is 0 Å². The Morgan fingerprint density at radius 2 is 2.25 bits per heavy atom. The van der Waals surface area contributed by atoms with Gasteiger partial charge in [-0.1, -0.05) is 11.6 Å². The van der Waals surface area contributed by atoms with E-state index >= 15 is 0 Å². The maximum atomic E-state index is 5.97. The van der Waals surface area contributed by atoms with Crippen LogP contribution in [0.1, 0.15) is 11.3 Å². The predicted octanol–water partition coefficient (Wildman–Crippen LogP) is 3.17. The number of rotatable bonds is 3. The van der Waals surface area contributed by atoms with Crippen LogP contribution in [-0.2, 0) is 6.54 Å². The van der Waals surface area contributed by atoms with Gasteiger partial charge in [-0.2, -0.15) is 0 Å². The Kier molecular flexibility index (Phi) is 3.06. The van der Waals surface area contributed by atoms with Gasteiger partial charge in [0.15, 0.2) is 0 Å². The highest BCUT2D eigenvalue weighted by Crippen LogP contribution is 2.26. The number of nitrogens with two attached hydrogens (primary N) is 1. The summed E-state index contributed by atoms with van der Waals surface area (Å²) in [6.45, 7) is 2.68. The van der Waals surface area contributed by atoms with Gasteiger partial charge < -0.3 is 16.0 Å². The van der Waals surface area contributed by atoms with E-state index in [1.807, 2.05) is 31.3 Å². The number of hydrogen-bond acceptors (Lipinski definition) is 2. The molecule has 16 heavy (non-hydrogen) atoms. The Hall–Kier alpha value is -1.61. The highest BCUT2D eigenvalue weighted by atomic mass is 35.5. The summed E-state index contributed by atoms with van der Waals surface area (Å²) in [6.07, 6.45) is 1.90. The third-order valence-electron chi connectivity index (χ3n) is 2.46. The van der Waals surface area contributed by atoms with Crippen molar-refractivity contribution in [1.29, 1.82) is 0 Å². The quantitative estimate of drug-likeness (QED) is 0.716. The average Bonchev–Trinajstić information content (AvgIpc) is 2.74. The zero-order valence-electron chi connectivity index (χ0n) is 9.05. The standard InChI is InChI=1S/C12H14ClN3/c1-8-5-12(11(14)6-10(8)13)16-7-9-3-2-4-15-9/h2-6,15-16H,7,14H2,1H3. The van der Waals surface area contributed by atoms with Gasteiger partial charge in [0.05, 0.1) is 17.9 Å². The number of aryl methyl sites for hydroxylation is 1. The summed E-state index contributed by atoms with van der Waals surface area (Å²) in [4.78, 5) is 3.12. The van der Waals surface area contributed by atoms with Crippen LogP contribution in [0.15, 0.2) is 30.5 Å². The van der Waals surface area contributed by atoms with Gasteiger partial charge in [0, 0.05) is 16.9 Å². The van der Waals surface area contributed by atoms with Gasteiger partial charge in [-0.15, -0.1) is 0 Å². The molecule has 0 fully saturated rings. The van der Waals surface area contributed by atoms with Crippen molar-refractivity contribution >= 4 is 23.0 Å². The largest absolute Gasteiger partial charge is 0.397 e. The van der Waals surface area contributed by atoms with E-state index < -0.39 is 0 Å². The van der Waals surface area contributed by atoms with E-state index in [9.17, 15) is 0 Å². The van der Waals surface area contributed by atoms with E-state index in [4.69, 9.17) is 17.3 Å². The van der Waals surface area contributed by atoms with E-state index in [2.05, 4.69) is 10.3 Å². The average molecular weight is 236 g/mol. The summed E-state index contributed by atoms with van der Waals surface area (Å²) in [6, 6.07) is 7.72. The van der Waals surface area contributed by atoms with Crippen LogP contribution in [0.2, 0.25) is 5.02 Å². The maximum absolute atomic E-state index is 5.97. The van der Waals surface area contributed by atoms with Gasteiger partial charge in [-0.05, 0) is 36.8 Å². The Morgan fingerprint density at radius 3 is 2.94 bits per heavy atom. The Morgan fingerprint density at radius 1 is 1.44 bits per heavy atom. The molecule has 0 aliphatic rings. The molecule has 0 radical (unpaired) electrons. The van der Waals surface area contributed by atoms with Gasteiger partial charge >= 0.3 is 0 Å². The van der Waals surface area contributed by atoms with Gasteiger partial charge in [0.25, 0.3) is 0 Å². The lowest BCUT2D eigenvalue weighted by atomic mass is 10.2. The van der Waals surface area contributed by atoms with Crippen molar-refractivity contribution in [2.45, 2.75) is 13.5 Å².